The highest BCUT2D eigenvalue weighted by Gasteiger charge is 2.37. The molecular formula is C24H22ClN3O4S. The molecule has 2 aromatic rings. The van der Waals surface area contributed by atoms with Crippen LogP contribution in [0.4, 0.5) is 5.69 Å². The van der Waals surface area contributed by atoms with Gasteiger partial charge in [0.25, 0.3) is 5.91 Å². The average Bonchev–Trinajstić information content (AvgIpc) is 3.27. The largest absolute Gasteiger partial charge is 0.484 e. The van der Waals surface area contributed by atoms with Gasteiger partial charge in [0.15, 0.2) is 11.8 Å². The smallest absolute Gasteiger partial charge is 0.338 e. The molecule has 2 aromatic carbocycles. The van der Waals surface area contributed by atoms with E-state index in [4.69, 9.17) is 21.1 Å². The molecule has 0 radical (unpaired) electrons. The van der Waals surface area contributed by atoms with E-state index < -0.39 is 0 Å². The van der Waals surface area contributed by atoms with Gasteiger partial charge in [0.2, 0.25) is 0 Å². The molecule has 1 atom stereocenters. The van der Waals surface area contributed by atoms with Crippen LogP contribution in [0.3, 0.4) is 0 Å². The summed E-state index contributed by atoms with van der Waals surface area (Å²) in [5.74, 6) is -0.122. The Balaban J connectivity index is 1.46. The summed E-state index contributed by atoms with van der Waals surface area (Å²) < 4.78 is 10.9. The molecule has 0 spiro atoms. The maximum Gasteiger partial charge on any atom is 0.338 e. The molecule has 33 heavy (non-hydrogen) atoms. The topological polar surface area (TPSA) is 80.2 Å². The lowest BCUT2D eigenvalue weighted by atomic mass is 9.95. The van der Waals surface area contributed by atoms with Crippen molar-refractivity contribution >= 4 is 46.1 Å². The molecule has 4 rings (SSSR count). The zero-order valence-corrected chi connectivity index (χ0v) is 19.7. The Hall–Kier alpha value is -3.23. The van der Waals surface area contributed by atoms with Crippen molar-refractivity contribution in [3.8, 4) is 5.75 Å². The molecule has 170 valence electrons. The lowest BCUT2D eigenvalue weighted by Crippen LogP contribution is -2.34. The van der Waals surface area contributed by atoms with Crippen LogP contribution in [-0.2, 0) is 14.3 Å². The Kier molecular flexibility index (Phi) is 7.05. The number of benzene rings is 2. The number of carbonyl (C=O) groups is 2. The summed E-state index contributed by atoms with van der Waals surface area (Å²) in [5.41, 5.74) is 2.67. The van der Waals surface area contributed by atoms with Crippen molar-refractivity contribution < 1.29 is 19.1 Å². The number of nitrogens with zero attached hydrogens (tertiary/aromatic N) is 2. The van der Waals surface area contributed by atoms with Crippen LogP contribution in [0.15, 0.2) is 76.4 Å². The number of ether oxygens (including phenoxy) is 2. The van der Waals surface area contributed by atoms with E-state index in [2.05, 4.69) is 10.3 Å². The maximum atomic E-state index is 12.7. The quantitative estimate of drug-likeness (QED) is 0.550. The molecule has 9 heteroatoms. The Morgan fingerprint density at radius 1 is 1.15 bits per heavy atom. The number of anilines is 1. The van der Waals surface area contributed by atoms with E-state index in [0.29, 0.717) is 27.7 Å². The van der Waals surface area contributed by atoms with E-state index in [1.165, 1.54) is 11.8 Å². The minimum absolute atomic E-state index is 0.138. The summed E-state index contributed by atoms with van der Waals surface area (Å²) >= 11 is 7.36. The number of allylic oxidation sites excluding steroid dienone is 1. The first-order chi connectivity index (χ1) is 16.0. The fraction of sp³-hybridized carbons (Fsp3) is 0.208. The second kappa shape index (κ2) is 10.1. The van der Waals surface area contributed by atoms with Crippen molar-refractivity contribution in [3.63, 3.8) is 0 Å². The second-order valence-electron chi connectivity index (χ2n) is 7.24. The minimum Gasteiger partial charge on any atom is -0.484 e. The fourth-order valence-corrected chi connectivity index (χ4v) is 4.44. The molecule has 0 fully saturated rings. The number of halogens is 1. The Morgan fingerprint density at radius 2 is 1.88 bits per heavy atom. The summed E-state index contributed by atoms with van der Waals surface area (Å²) in [6.45, 7) is 3.75. The normalized spacial score (nSPS) is 16.9. The summed E-state index contributed by atoms with van der Waals surface area (Å²) in [6, 6.07) is 13.8. The third kappa shape index (κ3) is 5.23. The Labute approximate surface area is 201 Å². The number of amides is 1. The van der Waals surface area contributed by atoms with Crippen LogP contribution in [0.2, 0.25) is 5.02 Å². The van der Waals surface area contributed by atoms with E-state index >= 15 is 0 Å². The van der Waals surface area contributed by atoms with E-state index in [-0.39, 0.29) is 31.1 Å². The fourth-order valence-electron chi connectivity index (χ4n) is 3.52. The first kappa shape index (κ1) is 22.9. The van der Waals surface area contributed by atoms with Crippen LogP contribution in [0.5, 0.6) is 5.75 Å². The number of carbonyl (C=O) groups excluding carboxylic acids is 2. The van der Waals surface area contributed by atoms with Crippen LogP contribution < -0.4 is 10.1 Å². The lowest BCUT2D eigenvalue weighted by Gasteiger charge is -2.33. The van der Waals surface area contributed by atoms with Gasteiger partial charge in [0, 0.05) is 16.9 Å². The van der Waals surface area contributed by atoms with Crippen molar-refractivity contribution in [3.05, 3.63) is 82.0 Å². The molecule has 2 aliphatic rings. The predicted octanol–water partition coefficient (Wildman–Crippen LogP) is 5.13. The van der Waals surface area contributed by atoms with Crippen LogP contribution >= 0.6 is 23.4 Å². The van der Waals surface area contributed by atoms with E-state index in [0.717, 1.165) is 10.7 Å². The number of hydrogen-bond donors (Lipinski definition) is 1. The second-order valence-corrected chi connectivity index (χ2v) is 8.55. The van der Waals surface area contributed by atoms with E-state index in [1.54, 1.807) is 43.3 Å². The van der Waals surface area contributed by atoms with Crippen LogP contribution in [0.1, 0.15) is 25.5 Å². The molecule has 0 bridgehead atoms. The summed E-state index contributed by atoms with van der Waals surface area (Å²) in [4.78, 5) is 31.4. The highest BCUT2D eigenvalue weighted by atomic mass is 35.5. The first-order valence-electron chi connectivity index (χ1n) is 10.3. The average molecular weight is 484 g/mol. The summed E-state index contributed by atoms with van der Waals surface area (Å²) in [6.07, 6.45) is 1.91. The van der Waals surface area contributed by atoms with Gasteiger partial charge in [-0.05, 0) is 61.2 Å². The summed E-state index contributed by atoms with van der Waals surface area (Å²) in [7, 11) is 0. The number of thioether (sulfide) groups is 1. The molecule has 1 unspecified atom stereocenters. The molecule has 1 amide bonds. The van der Waals surface area contributed by atoms with Crippen molar-refractivity contribution in [2.24, 2.45) is 4.99 Å². The standard InChI is InChI=1S/C24H22ClN3O4S/c1-3-31-23(30)21-15(2)26-24-28(12-13-33-24)22(21)16-4-10-19(11-5-16)32-14-20(29)27-18-8-6-17(25)7-9-18/h4-13,22H,3,14H2,1-2H3,(H,27,29). The summed E-state index contributed by atoms with van der Waals surface area (Å²) in [5, 5.41) is 6.09. The number of fused-ring (bicyclic) bond motifs is 1. The molecule has 2 aliphatic heterocycles. The minimum atomic E-state index is -0.382. The van der Waals surface area contributed by atoms with Gasteiger partial charge in [-0.2, -0.15) is 0 Å². The molecule has 0 saturated carbocycles. The molecule has 0 saturated heterocycles. The van der Waals surface area contributed by atoms with Crippen molar-refractivity contribution in [1.29, 1.82) is 0 Å². The zero-order valence-electron chi connectivity index (χ0n) is 18.1. The van der Waals surface area contributed by atoms with Crippen LogP contribution in [0.25, 0.3) is 0 Å². The van der Waals surface area contributed by atoms with Crippen LogP contribution in [0, 0.1) is 0 Å². The molecule has 0 aromatic heterocycles. The number of esters is 1. The van der Waals surface area contributed by atoms with Gasteiger partial charge < -0.3 is 19.7 Å². The van der Waals surface area contributed by atoms with Gasteiger partial charge in [-0.15, -0.1) is 0 Å². The molecule has 0 aliphatic carbocycles. The third-order valence-corrected chi connectivity index (χ3v) is 6.03. The Morgan fingerprint density at radius 3 is 2.58 bits per heavy atom. The number of hydrogen-bond acceptors (Lipinski definition) is 7. The predicted molar refractivity (Wildman–Crippen MR) is 130 cm³/mol. The molecule has 2 heterocycles. The Bertz CT molecular complexity index is 1140. The van der Waals surface area contributed by atoms with Gasteiger partial charge in [-0.1, -0.05) is 35.5 Å². The number of aliphatic imine (C=N–C) groups is 1. The SMILES string of the molecule is CCOC(=O)C1=C(C)N=C2SC=CN2C1c1ccc(OCC(=O)Nc2ccc(Cl)cc2)cc1. The van der Waals surface area contributed by atoms with Gasteiger partial charge in [-0.3, -0.25) is 4.79 Å². The van der Waals surface area contributed by atoms with E-state index in [1.807, 2.05) is 35.6 Å². The first-order valence-corrected chi connectivity index (χ1v) is 11.6. The highest BCUT2D eigenvalue weighted by molar-refractivity contribution is 8.16. The molecule has 1 N–H and O–H groups in total. The van der Waals surface area contributed by atoms with Crippen LogP contribution in [-0.4, -0.2) is 35.2 Å². The molecule has 7 nitrogen and oxygen atoms in total. The monoisotopic (exact) mass is 483 g/mol. The van der Waals surface area contributed by atoms with Gasteiger partial charge in [-0.25, -0.2) is 9.79 Å². The third-order valence-electron chi connectivity index (χ3n) is 5.01. The number of rotatable bonds is 7. The van der Waals surface area contributed by atoms with Crippen molar-refractivity contribution in [2.75, 3.05) is 18.5 Å². The highest BCUT2D eigenvalue weighted by Crippen LogP contribution is 2.41. The van der Waals surface area contributed by atoms with Crippen molar-refractivity contribution in [1.82, 2.24) is 4.90 Å². The number of amidine groups is 1. The van der Waals surface area contributed by atoms with Gasteiger partial charge >= 0.3 is 5.97 Å². The van der Waals surface area contributed by atoms with E-state index in [9.17, 15) is 9.59 Å². The van der Waals surface area contributed by atoms with Crippen molar-refractivity contribution in [2.45, 2.75) is 19.9 Å². The number of nitrogens with one attached hydrogen (secondary N) is 1. The maximum absolute atomic E-state index is 12.7. The lowest BCUT2D eigenvalue weighted by molar-refractivity contribution is -0.139. The zero-order chi connectivity index (χ0) is 23.4. The van der Waals surface area contributed by atoms with Gasteiger partial charge in [0.1, 0.15) is 5.75 Å². The molecular weight excluding hydrogens is 462 g/mol. The van der Waals surface area contributed by atoms with Gasteiger partial charge in [0.05, 0.1) is 23.9 Å².